The molecule has 1 aliphatic rings. The van der Waals surface area contributed by atoms with Crippen molar-refractivity contribution in [1.82, 2.24) is 9.88 Å². The van der Waals surface area contributed by atoms with Crippen LogP contribution in [-0.4, -0.2) is 23.0 Å². The first kappa shape index (κ1) is 19.9. The number of benzene rings is 1. The standard InChI is InChI=1S/C24H29N3O/c1-5-20-10-6-7-16-27(20)18(2)21-13-12-19-9-8-11-22(23(19)26-21)28-17-24(3,4)14-15-25/h5-13,16H,2,14-15,17,25H2,1,3-4H3/b20-5-. The number of hydrogen-bond acceptors (Lipinski definition) is 4. The normalized spacial score (nSPS) is 15.4. The Kier molecular flexibility index (Phi) is 6.00. The maximum atomic E-state index is 6.16. The summed E-state index contributed by atoms with van der Waals surface area (Å²) in [6.07, 6.45) is 11.0. The average molecular weight is 376 g/mol. The van der Waals surface area contributed by atoms with Gasteiger partial charge < -0.3 is 15.4 Å². The van der Waals surface area contributed by atoms with Gasteiger partial charge in [-0.25, -0.2) is 4.98 Å². The van der Waals surface area contributed by atoms with Gasteiger partial charge in [0.05, 0.1) is 18.0 Å². The van der Waals surface area contributed by atoms with Crippen LogP contribution in [0.4, 0.5) is 0 Å². The maximum absolute atomic E-state index is 6.16. The molecule has 0 radical (unpaired) electrons. The smallest absolute Gasteiger partial charge is 0.145 e. The average Bonchev–Trinajstić information content (AvgIpc) is 2.71. The number of ether oxygens (including phenoxy) is 1. The molecular formula is C24H29N3O. The lowest BCUT2D eigenvalue weighted by atomic mass is 9.91. The summed E-state index contributed by atoms with van der Waals surface area (Å²) in [4.78, 5) is 6.93. The first-order chi connectivity index (χ1) is 13.4. The van der Waals surface area contributed by atoms with Crippen molar-refractivity contribution < 1.29 is 4.74 Å². The summed E-state index contributed by atoms with van der Waals surface area (Å²) in [5.74, 6) is 0.789. The van der Waals surface area contributed by atoms with Crippen LogP contribution in [0.2, 0.25) is 0 Å². The second-order valence-electron chi connectivity index (χ2n) is 7.75. The Morgan fingerprint density at radius 1 is 1.25 bits per heavy atom. The van der Waals surface area contributed by atoms with Gasteiger partial charge in [-0.2, -0.15) is 0 Å². The molecule has 4 heteroatoms. The molecule has 0 bridgehead atoms. The van der Waals surface area contributed by atoms with E-state index in [1.807, 2.05) is 54.4 Å². The van der Waals surface area contributed by atoms with Gasteiger partial charge in [-0.3, -0.25) is 0 Å². The molecule has 28 heavy (non-hydrogen) atoms. The molecule has 1 aliphatic heterocycles. The van der Waals surface area contributed by atoms with Crippen LogP contribution in [0.15, 0.2) is 73.1 Å². The van der Waals surface area contributed by atoms with E-state index < -0.39 is 0 Å². The molecular weight excluding hydrogens is 346 g/mol. The highest BCUT2D eigenvalue weighted by molar-refractivity contribution is 5.86. The summed E-state index contributed by atoms with van der Waals surface area (Å²) in [5.41, 5.74) is 9.31. The van der Waals surface area contributed by atoms with Crippen molar-refractivity contribution in [2.45, 2.75) is 27.2 Å². The summed E-state index contributed by atoms with van der Waals surface area (Å²) in [6, 6.07) is 10.1. The monoisotopic (exact) mass is 375 g/mol. The van der Waals surface area contributed by atoms with E-state index in [0.29, 0.717) is 13.2 Å². The molecule has 0 aliphatic carbocycles. The Morgan fingerprint density at radius 3 is 2.82 bits per heavy atom. The summed E-state index contributed by atoms with van der Waals surface area (Å²) in [7, 11) is 0. The van der Waals surface area contributed by atoms with Crippen molar-refractivity contribution in [3.63, 3.8) is 0 Å². The molecule has 4 nitrogen and oxygen atoms in total. The topological polar surface area (TPSA) is 51.4 Å². The summed E-state index contributed by atoms with van der Waals surface area (Å²) in [5, 5.41) is 1.05. The van der Waals surface area contributed by atoms with Crippen LogP contribution in [0.5, 0.6) is 5.75 Å². The number of rotatable bonds is 7. The van der Waals surface area contributed by atoms with E-state index in [4.69, 9.17) is 15.5 Å². The Bertz CT molecular complexity index is 953. The van der Waals surface area contributed by atoms with Gasteiger partial charge in [0.1, 0.15) is 11.3 Å². The molecule has 0 saturated carbocycles. The quantitative estimate of drug-likeness (QED) is 0.718. The maximum Gasteiger partial charge on any atom is 0.145 e. The van der Waals surface area contributed by atoms with E-state index in [1.54, 1.807) is 0 Å². The third-order valence-electron chi connectivity index (χ3n) is 4.90. The second-order valence-corrected chi connectivity index (χ2v) is 7.75. The highest BCUT2D eigenvalue weighted by Crippen LogP contribution is 2.30. The second kappa shape index (κ2) is 8.44. The van der Waals surface area contributed by atoms with Gasteiger partial charge in [0.25, 0.3) is 0 Å². The molecule has 3 rings (SSSR count). The van der Waals surface area contributed by atoms with E-state index in [0.717, 1.165) is 40.2 Å². The largest absolute Gasteiger partial charge is 0.491 e. The van der Waals surface area contributed by atoms with Gasteiger partial charge in [0, 0.05) is 22.7 Å². The Labute approximate surface area is 167 Å². The SMILES string of the molecule is C=C(c1ccc2cccc(OCC(C)(C)CCN)c2n1)N1C=CC=C/C1=C/C. The van der Waals surface area contributed by atoms with Gasteiger partial charge >= 0.3 is 0 Å². The Hall–Kier alpha value is -2.85. The minimum atomic E-state index is 0.0177. The number of hydrogen-bond donors (Lipinski definition) is 1. The highest BCUT2D eigenvalue weighted by Gasteiger charge is 2.19. The molecule has 2 aromatic rings. The van der Waals surface area contributed by atoms with Crippen LogP contribution in [-0.2, 0) is 0 Å². The summed E-state index contributed by atoms with van der Waals surface area (Å²) < 4.78 is 6.16. The van der Waals surface area contributed by atoms with Crippen molar-refractivity contribution >= 4 is 16.6 Å². The lowest BCUT2D eigenvalue weighted by molar-refractivity contribution is 0.174. The molecule has 1 aromatic carbocycles. The van der Waals surface area contributed by atoms with Gasteiger partial charge in [-0.1, -0.05) is 50.8 Å². The number of nitrogens with two attached hydrogens (primary N) is 1. The van der Waals surface area contributed by atoms with Gasteiger partial charge in [-0.05, 0) is 44.2 Å². The Morgan fingerprint density at radius 2 is 2.07 bits per heavy atom. The molecule has 0 saturated heterocycles. The van der Waals surface area contributed by atoms with Crippen LogP contribution in [0.3, 0.4) is 0 Å². The third kappa shape index (κ3) is 4.34. The fraction of sp³-hybridized carbons (Fsp3) is 0.292. The van der Waals surface area contributed by atoms with E-state index in [-0.39, 0.29) is 5.41 Å². The number of nitrogens with zero attached hydrogens (tertiary/aromatic N) is 2. The van der Waals surface area contributed by atoms with Crippen LogP contribution in [0.1, 0.15) is 32.9 Å². The molecule has 146 valence electrons. The molecule has 0 atom stereocenters. The van der Waals surface area contributed by atoms with Crippen LogP contribution in [0, 0.1) is 5.41 Å². The van der Waals surface area contributed by atoms with Crippen LogP contribution in [0.25, 0.3) is 16.6 Å². The first-order valence-corrected chi connectivity index (χ1v) is 9.67. The number of pyridine rings is 1. The van der Waals surface area contributed by atoms with E-state index in [9.17, 15) is 0 Å². The number of para-hydroxylation sites is 1. The zero-order valence-corrected chi connectivity index (χ0v) is 17.0. The van der Waals surface area contributed by atoms with E-state index >= 15 is 0 Å². The molecule has 2 heterocycles. The molecule has 0 unspecified atom stereocenters. The lowest BCUT2D eigenvalue weighted by Gasteiger charge is -2.26. The number of aromatic nitrogens is 1. The molecule has 0 fully saturated rings. The fourth-order valence-corrected chi connectivity index (χ4v) is 3.19. The summed E-state index contributed by atoms with van der Waals surface area (Å²) >= 11 is 0. The number of fused-ring (bicyclic) bond motifs is 1. The predicted molar refractivity (Wildman–Crippen MR) is 118 cm³/mol. The summed E-state index contributed by atoms with van der Waals surface area (Å²) in [6.45, 7) is 11.9. The molecule has 1 aromatic heterocycles. The van der Waals surface area contributed by atoms with Crippen molar-refractivity contribution in [3.05, 3.63) is 78.8 Å². The molecule has 0 amide bonds. The highest BCUT2D eigenvalue weighted by atomic mass is 16.5. The Balaban J connectivity index is 1.91. The van der Waals surface area contributed by atoms with Gasteiger partial charge in [0.15, 0.2) is 0 Å². The van der Waals surface area contributed by atoms with Crippen molar-refractivity contribution in [1.29, 1.82) is 0 Å². The lowest BCUT2D eigenvalue weighted by Crippen LogP contribution is -2.24. The van der Waals surface area contributed by atoms with E-state index in [1.165, 1.54) is 0 Å². The van der Waals surface area contributed by atoms with Crippen molar-refractivity contribution in [2.75, 3.05) is 13.2 Å². The van der Waals surface area contributed by atoms with Gasteiger partial charge in [-0.15, -0.1) is 0 Å². The van der Waals surface area contributed by atoms with Crippen molar-refractivity contribution in [2.24, 2.45) is 11.1 Å². The van der Waals surface area contributed by atoms with Gasteiger partial charge in [0.2, 0.25) is 0 Å². The van der Waals surface area contributed by atoms with Crippen LogP contribution >= 0.6 is 0 Å². The number of allylic oxidation sites excluding steroid dienone is 4. The van der Waals surface area contributed by atoms with E-state index in [2.05, 4.69) is 38.6 Å². The molecule has 0 spiro atoms. The van der Waals surface area contributed by atoms with Crippen LogP contribution < -0.4 is 10.5 Å². The first-order valence-electron chi connectivity index (χ1n) is 9.67. The van der Waals surface area contributed by atoms with Crippen molar-refractivity contribution in [3.8, 4) is 5.75 Å². The fourth-order valence-electron chi connectivity index (χ4n) is 3.19. The molecule has 2 N–H and O–H groups in total. The zero-order chi connectivity index (χ0) is 20.1. The minimum Gasteiger partial charge on any atom is -0.491 e. The zero-order valence-electron chi connectivity index (χ0n) is 17.0. The minimum absolute atomic E-state index is 0.0177. The predicted octanol–water partition coefficient (Wildman–Crippen LogP) is 5.25. The third-order valence-corrected chi connectivity index (χ3v) is 4.90.